The summed E-state index contributed by atoms with van der Waals surface area (Å²) in [5.41, 5.74) is 7.05. The largest absolute Gasteiger partial charge is 0.375 e. The lowest BCUT2D eigenvalue weighted by molar-refractivity contribution is 0.705. The molecule has 0 N–H and O–H groups in total. The van der Waals surface area contributed by atoms with Gasteiger partial charge in [0.2, 0.25) is 0 Å². The Hall–Kier alpha value is -3.07. The summed E-state index contributed by atoms with van der Waals surface area (Å²) in [7, 11) is 2.18. The van der Waals surface area contributed by atoms with Gasteiger partial charge in [-0.05, 0) is 36.2 Å². The Morgan fingerprint density at radius 1 is 0.862 bits per heavy atom. The lowest BCUT2D eigenvalue weighted by Gasteiger charge is -2.19. The summed E-state index contributed by atoms with van der Waals surface area (Å²) in [6, 6.07) is 25.7. The van der Waals surface area contributed by atoms with Crippen LogP contribution in [0.15, 0.2) is 79.0 Å². The van der Waals surface area contributed by atoms with Crippen LogP contribution in [-0.4, -0.2) is 23.0 Å². The molecule has 2 aromatic carbocycles. The molecule has 0 spiro atoms. The highest BCUT2D eigenvalue weighted by atomic mass is 15.1. The molecule has 0 aliphatic carbocycles. The first-order chi connectivity index (χ1) is 14.3. The summed E-state index contributed by atoms with van der Waals surface area (Å²) < 4.78 is 2.22. The van der Waals surface area contributed by atoms with Crippen LogP contribution in [0.4, 0.5) is 5.69 Å². The summed E-state index contributed by atoms with van der Waals surface area (Å²) in [6.45, 7) is 3.36. The Morgan fingerprint density at radius 3 is 2.38 bits per heavy atom. The highest BCUT2D eigenvalue weighted by Crippen LogP contribution is 2.27. The molecule has 0 amide bonds. The van der Waals surface area contributed by atoms with Crippen LogP contribution in [0.1, 0.15) is 37.4 Å². The molecule has 4 aromatic rings. The van der Waals surface area contributed by atoms with Crippen LogP contribution in [0.5, 0.6) is 0 Å². The fourth-order valence-corrected chi connectivity index (χ4v) is 3.83. The lowest BCUT2D eigenvalue weighted by Crippen LogP contribution is -2.18. The number of nitrogens with zero attached hydrogens (tertiary/aromatic N) is 3. The van der Waals surface area contributed by atoms with E-state index in [9.17, 15) is 0 Å². The number of imidazole rings is 1. The first-order valence-corrected chi connectivity index (χ1v) is 10.6. The van der Waals surface area contributed by atoms with Crippen LogP contribution in [0.25, 0.3) is 16.9 Å². The van der Waals surface area contributed by atoms with E-state index in [-0.39, 0.29) is 0 Å². The first kappa shape index (κ1) is 19.3. The van der Waals surface area contributed by atoms with Crippen molar-refractivity contribution in [2.75, 3.05) is 18.5 Å². The second kappa shape index (κ2) is 8.95. The van der Waals surface area contributed by atoms with Crippen molar-refractivity contribution in [3.63, 3.8) is 0 Å². The number of fused-ring (bicyclic) bond motifs is 1. The van der Waals surface area contributed by atoms with Gasteiger partial charge in [-0.15, -0.1) is 0 Å². The monoisotopic (exact) mass is 383 g/mol. The zero-order valence-corrected chi connectivity index (χ0v) is 17.4. The topological polar surface area (TPSA) is 20.5 Å². The molecule has 0 atom stereocenters. The van der Waals surface area contributed by atoms with E-state index in [1.807, 2.05) is 6.07 Å². The smallest absolute Gasteiger partial charge is 0.137 e. The molecule has 2 heterocycles. The molecule has 2 aromatic heterocycles. The number of pyridine rings is 1. The van der Waals surface area contributed by atoms with Gasteiger partial charge in [-0.25, -0.2) is 4.98 Å². The molecule has 148 valence electrons. The van der Waals surface area contributed by atoms with E-state index < -0.39 is 0 Å². The average molecular weight is 384 g/mol. The predicted molar refractivity (Wildman–Crippen MR) is 123 cm³/mol. The average Bonchev–Trinajstić information content (AvgIpc) is 3.13. The van der Waals surface area contributed by atoms with Gasteiger partial charge in [-0.1, -0.05) is 68.3 Å². The molecule has 3 heteroatoms. The minimum atomic E-state index is 0.856. The summed E-state index contributed by atoms with van der Waals surface area (Å²) in [6.07, 6.45) is 6.76. The van der Waals surface area contributed by atoms with Crippen molar-refractivity contribution in [1.29, 1.82) is 0 Å². The summed E-state index contributed by atoms with van der Waals surface area (Å²) in [4.78, 5) is 7.27. The molecule has 0 bridgehead atoms. The molecule has 29 heavy (non-hydrogen) atoms. The Labute approximate surface area is 173 Å². The van der Waals surface area contributed by atoms with Crippen molar-refractivity contribution in [1.82, 2.24) is 9.38 Å². The van der Waals surface area contributed by atoms with Crippen LogP contribution in [0.3, 0.4) is 0 Å². The molecule has 3 nitrogen and oxygen atoms in total. The number of unbranched alkanes of at least 4 members (excludes halogenated alkanes) is 2. The maximum Gasteiger partial charge on any atom is 0.137 e. The second-order valence-electron chi connectivity index (χ2n) is 7.67. The third-order valence-corrected chi connectivity index (χ3v) is 5.52. The van der Waals surface area contributed by atoms with Crippen molar-refractivity contribution in [2.24, 2.45) is 0 Å². The van der Waals surface area contributed by atoms with Crippen LogP contribution in [-0.2, 0) is 6.42 Å². The zero-order valence-electron chi connectivity index (χ0n) is 17.4. The van der Waals surface area contributed by atoms with Crippen molar-refractivity contribution in [3.05, 3.63) is 90.3 Å². The van der Waals surface area contributed by atoms with Gasteiger partial charge >= 0.3 is 0 Å². The van der Waals surface area contributed by atoms with Gasteiger partial charge in [0.05, 0.1) is 11.4 Å². The molecule has 0 aliphatic heterocycles. The van der Waals surface area contributed by atoms with Gasteiger partial charge in [0.25, 0.3) is 0 Å². The fraction of sp³-hybridized carbons (Fsp3) is 0.269. The van der Waals surface area contributed by atoms with Gasteiger partial charge in [0.15, 0.2) is 0 Å². The van der Waals surface area contributed by atoms with Crippen molar-refractivity contribution >= 4 is 11.3 Å². The van der Waals surface area contributed by atoms with Gasteiger partial charge in [-0.3, -0.25) is 0 Å². The molecule has 0 saturated carbocycles. The molecular formula is C26H29N3. The van der Waals surface area contributed by atoms with E-state index in [4.69, 9.17) is 4.98 Å². The van der Waals surface area contributed by atoms with Crippen LogP contribution in [0, 0.1) is 0 Å². The molecular weight excluding hydrogens is 354 g/mol. The van der Waals surface area contributed by atoms with Gasteiger partial charge in [-0.2, -0.15) is 0 Å². The van der Waals surface area contributed by atoms with Gasteiger partial charge in [0, 0.05) is 37.5 Å². The summed E-state index contributed by atoms with van der Waals surface area (Å²) in [5.74, 6) is 0. The number of benzene rings is 2. The van der Waals surface area contributed by atoms with E-state index in [2.05, 4.69) is 96.2 Å². The molecule has 0 aliphatic rings. The van der Waals surface area contributed by atoms with Crippen molar-refractivity contribution in [2.45, 2.75) is 32.6 Å². The predicted octanol–water partition coefficient (Wildman–Crippen LogP) is 6.22. The Bertz CT molecular complexity index is 1050. The maximum absolute atomic E-state index is 4.92. The van der Waals surface area contributed by atoms with E-state index in [1.54, 1.807) is 0 Å². The van der Waals surface area contributed by atoms with Crippen molar-refractivity contribution < 1.29 is 0 Å². The minimum Gasteiger partial charge on any atom is -0.375 e. The Kier molecular flexibility index (Phi) is 5.95. The first-order valence-electron chi connectivity index (χ1n) is 10.6. The number of hydrogen-bond acceptors (Lipinski definition) is 2. The summed E-state index contributed by atoms with van der Waals surface area (Å²) in [5, 5.41) is 0. The van der Waals surface area contributed by atoms with Crippen LogP contribution in [0.2, 0.25) is 0 Å². The number of hydrogen-bond donors (Lipinski definition) is 0. The SMILES string of the molecule is CCCCCN(C)c1ccc(Cc2c(-c3ccccc3)nc3ccccn23)cc1. The Balaban J connectivity index is 1.61. The lowest BCUT2D eigenvalue weighted by atomic mass is 10.0. The van der Waals surface area contributed by atoms with E-state index in [0.717, 1.165) is 24.3 Å². The van der Waals surface area contributed by atoms with Gasteiger partial charge in [0.1, 0.15) is 5.65 Å². The van der Waals surface area contributed by atoms with E-state index >= 15 is 0 Å². The minimum absolute atomic E-state index is 0.856. The van der Waals surface area contributed by atoms with Crippen LogP contribution < -0.4 is 4.90 Å². The third kappa shape index (κ3) is 4.34. The molecule has 0 radical (unpaired) electrons. The number of aromatic nitrogens is 2. The van der Waals surface area contributed by atoms with E-state index in [1.165, 1.54) is 41.8 Å². The second-order valence-corrected chi connectivity index (χ2v) is 7.67. The van der Waals surface area contributed by atoms with Crippen LogP contribution >= 0.6 is 0 Å². The molecule has 0 fully saturated rings. The summed E-state index contributed by atoms with van der Waals surface area (Å²) >= 11 is 0. The maximum atomic E-state index is 4.92. The third-order valence-electron chi connectivity index (χ3n) is 5.52. The van der Waals surface area contributed by atoms with Gasteiger partial charge < -0.3 is 9.30 Å². The zero-order chi connectivity index (χ0) is 20.1. The quantitative estimate of drug-likeness (QED) is 0.337. The standard InChI is InChI=1S/C26H29N3/c1-3-4-9-18-28(2)23-16-14-21(15-17-23)20-24-26(22-11-6-5-7-12-22)27-25-13-8-10-19-29(24)25/h5-8,10-17,19H,3-4,9,18,20H2,1-2H3. The number of rotatable bonds is 8. The number of anilines is 1. The highest BCUT2D eigenvalue weighted by Gasteiger charge is 2.14. The fourth-order valence-electron chi connectivity index (χ4n) is 3.83. The molecule has 0 unspecified atom stereocenters. The molecule has 4 rings (SSSR count). The normalized spacial score (nSPS) is 11.1. The van der Waals surface area contributed by atoms with E-state index in [0.29, 0.717) is 0 Å². The highest BCUT2D eigenvalue weighted by molar-refractivity contribution is 5.67. The Morgan fingerprint density at radius 2 is 1.62 bits per heavy atom. The van der Waals surface area contributed by atoms with Crippen molar-refractivity contribution in [3.8, 4) is 11.3 Å². The molecule has 0 saturated heterocycles.